The molecule has 5 heteroatoms. The molecule has 0 aliphatic heterocycles. The summed E-state index contributed by atoms with van der Waals surface area (Å²) in [4.78, 5) is 12.0. The van der Waals surface area contributed by atoms with Crippen LogP contribution in [-0.4, -0.2) is 25.3 Å². The second-order valence-electron chi connectivity index (χ2n) is 5.55. The zero-order valence-electron chi connectivity index (χ0n) is 12.7. The van der Waals surface area contributed by atoms with Gasteiger partial charge in [-0.1, -0.05) is 19.3 Å². The maximum atomic E-state index is 12.0. The average Bonchev–Trinajstić information content (AvgIpc) is 2.50. The van der Waals surface area contributed by atoms with E-state index in [0.717, 1.165) is 29.3 Å². The quantitative estimate of drug-likeness (QED) is 0.883. The Bertz CT molecular complexity index is 548. The zero-order valence-corrected chi connectivity index (χ0v) is 14.2. The highest BCUT2D eigenvalue weighted by molar-refractivity contribution is 9.10. The standard InChI is InChI=1S/C16H21BrO4/c1-10-12(20-2)9-11(14(21-3)13(10)17)16(15(18)19)7-5-4-6-8-16/h9H,4-8H2,1-3H3,(H,18,19). The van der Waals surface area contributed by atoms with Crippen molar-refractivity contribution in [3.63, 3.8) is 0 Å². The molecule has 2 rings (SSSR count). The first-order chi connectivity index (χ1) is 9.97. The molecular weight excluding hydrogens is 336 g/mol. The van der Waals surface area contributed by atoms with Crippen LogP contribution in [0.1, 0.15) is 43.2 Å². The minimum absolute atomic E-state index is 0.609. The molecule has 0 radical (unpaired) electrons. The molecule has 1 aromatic rings. The molecule has 0 unspecified atom stereocenters. The van der Waals surface area contributed by atoms with Gasteiger partial charge in [0.2, 0.25) is 0 Å². The topological polar surface area (TPSA) is 55.8 Å². The van der Waals surface area contributed by atoms with Gasteiger partial charge in [-0.2, -0.15) is 0 Å². The summed E-state index contributed by atoms with van der Waals surface area (Å²) in [5, 5.41) is 9.87. The van der Waals surface area contributed by atoms with E-state index in [2.05, 4.69) is 15.9 Å². The van der Waals surface area contributed by atoms with E-state index in [1.165, 1.54) is 0 Å². The number of carbonyl (C=O) groups is 1. The Morgan fingerprint density at radius 1 is 1.24 bits per heavy atom. The van der Waals surface area contributed by atoms with Crippen molar-refractivity contribution >= 4 is 21.9 Å². The van der Waals surface area contributed by atoms with Crippen LogP contribution in [0.25, 0.3) is 0 Å². The van der Waals surface area contributed by atoms with Gasteiger partial charge in [-0.15, -0.1) is 0 Å². The van der Waals surface area contributed by atoms with E-state index in [9.17, 15) is 9.90 Å². The highest BCUT2D eigenvalue weighted by Gasteiger charge is 2.44. The van der Waals surface area contributed by atoms with Gasteiger partial charge >= 0.3 is 5.97 Å². The summed E-state index contributed by atoms with van der Waals surface area (Å²) in [7, 11) is 3.17. The maximum Gasteiger partial charge on any atom is 0.314 e. The van der Waals surface area contributed by atoms with Gasteiger partial charge in [0.25, 0.3) is 0 Å². The number of halogens is 1. The van der Waals surface area contributed by atoms with Crippen LogP contribution < -0.4 is 9.47 Å². The van der Waals surface area contributed by atoms with Crippen molar-refractivity contribution in [3.05, 3.63) is 21.7 Å². The third-order valence-electron chi connectivity index (χ3n) is 4.47. The molecule has 4 nitrogen and oxygen atoms in total. The molecule has 1 N–H and O–H groups in total. The van der Waals surface area contributed by atoms with Gasteiger partial charge < -0.3 is 14.6 Å². The fourth-order valence-corrected chi connectivity index (χ4v) is 3.79. The fourth-order valence-electron chi connectivity index (χ4n) is 3.22. The fraction of sp³-hybridized carbons (Fsp3) is 0.562. The summed E-state index contributed by atoms with van der Waals surface area (Å²) in [6, 6.07) is 1.83. The van der Waals surface area contributed by atoms with Crippen LogP contribution in [0.4, 0.5) is 0 Å². The SMILES string of the molecule is COc1cc(C2(C(=O)O)CCCCC2)c(OC)c(Br)c1C. The first-order valence-electron chi connectivity index (χ1n) is 7.13. The molecule has 1 saturated carbocycles. The Labute approximate surface area is 133 Å². The second kappa shape index (κ2) is 6.26. The lowest BCUT2D eigenvalue weighted by atomic mass is 9.69. The molecule has 0 bridgehead atoms. The molecule has 0 aromatic heterocycles. The predicted molar refractivity (Wildman–Crippen MR) is 84.4 cm³/mol. The number of aliphatic carboxylic acids is 1. The van der Waals surface area contributed by atoms with E-state index in [0.29, 0.717) is 29.9 Å². The average molecular weight is 357 g/mol. The highest BCUT2D eigenvalue weighted by atomic mass is 79.9. The Balaban J connectivity index is 2.70. The van der Waals surface area contributed by atoms with Crippen molar-refractivity contribution in [2.45, 2.75) is 44.4 Å². The van der Waals surface area contributed by atoms with Crippen molar-refractivity contribution in [1.82, 2.24) is 0 Å². The van der Waals surface area contributed by atoms with Crippen LogP contribution in [0.3, 0.4) is 0 Å². The smallest absolute Gasteiger partial charge is 0.314 e. The van der Waals surface area contributed by atoms with E-state index in [1.54, 1.807) is 14.2 Å². The van der Waals surface area contributed by atoms with Crippen molar-refractivity contribution in [2.24, 2.45) is 0 Å². The minimum atomic E-state index is -0.882. The van der Waals surface area contributed by atoms with Gasteiger partial charge in [0.05, 0.1) is 24.1 Å². The number of carboxylic acids is 1. The molecule has 1 aromatic carbocycles. The first kappa shape index (κ1) is 16.1. The minimum Gasteiger partial charge on any atom is -0.496 e. The van der Waals surface area contributed by atoms with Gasteiger partial charge in [-0.3, -0.25) is 4.79 Å². The highest BCUT2D eigenvalue weighted by Crippen LogP contribution is 2.48. The molecule has 1 fully saturated rings. The molecular formula is C16H21BrO4. The number of rotatable bonds is 4. The normalized spacial score (nSPS) is 17.3. The lowest BCUT2D eigenvalue weighted by molar-refractivity contribution is -0.145. The molecule has 0 spiro atoms. The Kier molecular flexibility index (Phi) is 4.81. The Hall–Kier alpha value is -1.23. The number of hydrogen-bond donors (Lipinski definition) is 1. The Morgan fingerprint density at radius 3 is 2.33 bits per heavy atom. The molecule has 1 aliphatic carbocycles. The summed E-state index contributed by atoms with van der Waals surface area (Å²) >= 11 is 3.52. The monoisotopic (exact) mass is 356 g/mol. The summed E-state index contributed by atoms with van der Waals surface area (Å²) in [5.41, 5.74) is 0.744. The van der Waals surface area contributed by atoms with Crippen molar-refractivity contribution < 1.29 is 19.4 Å². The van der Waals surface area contributed by atoms with E-state index < -0.39 is 11.4 Å². The third kappa shape index (κ3) is 2.63. The van der Waals surface area contributed by atoms with Crippen molar-refractivity contribution in [2.75, 3.05) is 14.2 Å². The third-order valence-corrected chi connectivity index (χ3v) is 5.43. The molecule has 0 heterocycles. The number of carboxylic acid groups (broad SMARTS) is 1. The molecule has 0 amide bonds. The van der Waals surface area contributed by atoms with Gasteiger partial charge in [0.15, 0.2) is 0 Å². The summed E-state index contributed by atoms with van der Waals surface area (Å²) in [6.07, 6.45) is 4.20. The van der Waals surface area contributed by atoms with E-state index >= 15 is 0 Å². The Morgan fingerprint density at radius 2 is 1.86 bits per heavy atom. The molecule has 1 aliphatic rings. The predicted octanol–water partition coefficient (Wildman–Crippen LogP) is 4.06. The van der Waals surface area contributed by atoms with Gasteiger partial charge in [0, 0.05) is 11.1 Å². The lowest BCUT2D eigenvalue weighted by Crippen LogP contribution is -2.38. The van der Waals surface area contributed by atoms with Crippen molar-refractivity contribution in [3.8, 4) is 11.5 Å². The summed E-state index contributed by atoms with van der Waals surface area (Å²) < 4.78 is 11.7. The van der Waals surface area contributed by atoms with Crippen LogP contribution in [0.15, 0.2) is 10.5 Å². The number of benzene rings is 1. The lowest BCUT2D eigenvalue weighted by Gasteiger charge is -2.35. The van der Waals surface area contributed by atoms with E-state index in [1.807, 2.05) is 13.0 Å². The first-order valence-corrected chi connectivity index (χ1v) is 7.92. The maximum absolute atomic E-state index is 12.0. The molecule has 0 atom stereocenters. The second-order valence-corrected chi connectivity index (χ2v) is 6.34. The van der Waals surface area contributed by atoms with E-state index in [-0.39, 0.29) is 0 Å². The van der Waals surface area contributed by atoms with E-state index in [4.69, 9.17) is 9.47 Å². The molecule has 21 heavy (non-hydrogen) atoms. The molecule has 0 saturated heterocycles. The van der Waals surface area contributed by atoms with Crippen LogP contribution in [0.5, 0.6) is 11.5 Å². The number of methoxy groups -OCH3 is 2. The van der Waals surface area contributed by atoms with Crippen LogP contribution in [-0.2, 0) is 10.2 Å². The largest absolute Gasteiger partial charge is 0.496 e. The van der Waals surface area contributed by atoms with Gasteiger partial charge in [-0.05, 0) is 41.8 Å². The zero-order chi connectivity index (χ0) is 15.6. The van der Waals surface area contributed by atoms with Crippen molar-refractivity contribution in [1.29, 1.82) is 0 Å². The molecule has 116 valence electrons. The number of ether oxygens (including phenoxy) is 2. The van der Waals surface area contributed by atoms with Crippen LogP contribution in [0.2, 0.25) is 0 Å². The van der Waals surface area contributed by atoms with Crippen LogP contribution >= 0.6 is 15.9 Å². The van der Waals surface area contributed by atoms with Gasteiger partial charge in [-0.25, -0.2) is 0 Å². The summed E-state index contributed by atoms with van der Waals surface area (Å²) in [6.45, 7) is 1.92. The van der Waals surface area contributed by atoms with Gasteiger partial charge in [0.1, 0.15) is 11.5 Å². The number of hydrogen-bond acceptors (Lipinski definition) is 3. The summed E-state index contributed by atoms with van der Waals surface area (Å²) in [5.74, 6) is 0.514. The van der Waals surface area contributed by atoms with Crippen LogP contribution in [0, 0.1) is 6.92 Å².